The third-order valence-corrected chi connectivity index (χ3v) is 5.89. The van der Waals surface area contributed by atoms with E-state index in [0.29, 0.717) is 17.9 Å². The predicted molar refractivity (Wildman–Crippen MR) is 86.9 cm³/mol. The molecule has 1 saturated heterocycles. The highest BCUT2D eigenvalue weighted by Crippen LogP contribution is 2.33. The SMILES string of the molecule is CCC1NC(CC(C)C)N(C2CCC(SC)CC2)C1=O. The van der Waals surface area contributed by atoms with Crippen molar-refractivity contribution in [2.24, 2.45) is 5.92 Å². The summed E-state index contributed by atoms with van der Waals surface area (Å²) in [6.45, 7) is 6.60. The first kappa shape index (κ1) is 16.2. The second-order valence-corrected chi connectivity index (χ2v) is 7.82. The third kappa shape index (κ3) is 3.51. The maximum atomic E-state index is 12.6. The van der Waals surface area contributed by atoms with Crippen LogP contribution in [0.25, 0.3) is 0 Å². The summed E-state index contributed by atoms with van der Waals surface area (Å²) in [6.07, 6.45) is 9.36. The van der Waals surface area contributed by atoms with Crippen molar-refractivity contribution >= 4 is 17.7 Å². The fourth-order valence-corrected chi connectivity index (χ4v) is 4.38. The van der Waals surface area contributed by atoms with Gasteiger partial charge in [-0.15, -0.1) is 0 Å². The summed E-state index contributed by atoms with van der Waals surface area (Å²) in [6, 6.07) is 0.524. The molecular weight excluding hydrogens is 268 g/mol. The van der Waals surface area contributed by atoms with E-state index in [1.54, 1.807) is 0 Å². The molecule has 3 nitrogen and oxygen atoms in total. The van der Waals surface area contributed by atoms with Crippen LogP contribution in [0.15, 0.2) is 0 Å². The minimum Gasteiger partial charge on any atom is -0.323 e. The summed E-state index contributed by atoms with van der Waals surface area (Å²) < 4.78 is 0. The molecule has 2 aliphatic rings. The van der Waals surface area contributed by atoms with Crippen molar-refractivity contribution in [3.05, 3.63) is 0 Å². The average Bonchev–Trinajstić information content (AvgIpc) is 2.74. The Hall–Kier alpha value is -0.220. The van der Waals surface area contributed by atoms with Gasteiger partial charge in [-0.3, -0.25) is 10.1 Å². The molecule has 0 aromatic heterocycles. The molecule has 1 aliphatic carbocycles. The number of carbonyl (C=O) groups is 1. The molecule has 1 saturated carbocycles. The van der Waals surface area contributed by atoms with E-state index in [1.807, 2.05) is 11.8 Å². The van der Waals surface area contributed by atoms with Crippen LogP contribution in [0.4, 0.5) is 0 Å². The number of amides is 1. The molecule has 1 N–H and O–H groups in total. The van der Waals surface area contributed by atoms with Crippen molar-refractivity contribution in [1.82, 2.24) is 10.2 Å². The molecule has 0 radical (unpaired) electrons. The number of thioether (sulfide) groups is 1. The van der Waals surface area contributed by atoms with Gasteiger partial charge in [0.2, 0.25) is 5.91 Å². The van der Waals surface area contributed by atoms with Crippen LogP contribution in [0.2, 0.25) is 0 Å². The number of rotatable bonds is 5. The van der Waals surface area contributed by atoms with Gasteiger partial charge >= 0.3 is 0 Å². The van der Waals surface area contributed by atoms with Gasteiger partial charge in [0.05, 0.1) is 12.2 Å². The van der Waals surface area contributed by atoms with Gasteiger partial charge in [-0.2, -0.15) is 11.8 Å². The lowest BCUT2D eigenvalue weighted by Crippen LogP contribution is -2.47. The van der Waals surface area contributed by atoms with Crippen LogP contribution in [0.1, 0.15) is 59.3 Å². The van der Waals surface area contributed by atoms with E-state index in [2.05, 4.69) is 37.2 Å². The first-order valence-electron chi connectivity index (χ1n) is 8.17. The van der Waals surface area contributed by atoms with Gasteiger partial charge in [0, 0.05) is 11.3 Å². The lowest BCUT2D eigenvalue weighted by Gasteiger charge is -2.37. The zero-order valence-electron chi connectivity index (χ0n) is 13.4. The van der Waals surface area contributed by atoms with Crippen LogP contribution >= 0.6 is 11.8 Å². The van der Waals surface area contributed by atoms with E-state index in [4.69, 9.17) is 0 Å². The number of nitrogens with zero attached hydrogens (tertiary/aromatic N) is 1. The number of carbonyl (C=O) groups excluding carboxylic acids is 1. The molecule has 1 heterocycles. The molecule has 2 atom stereocenters. The van der Waals surface area contributed by atoms with Crippen LogP contribution < -0.4 is 5.32 Å². The maximum absolute atomic E-state index is 12.6. The Kier molecular flexibility index (Phi) is 5.79. The van der Waals surface area contributed by atoms with Crippen molar-refractivity contribution in [3.8, 4) is 0 Å². The summed E-state index contributed by atoms with van der Waals surface area (Å²) >= 11 is 1.99. The quantitative estimate of drug-likeness (QED) is 0.845. The molecular formula is C16H30N2OS. The number of hydrogen-bond donors (Lipinski definition) is 1. The summed E-state index contributed by atoms with van der Waals surface area (Å²) in [4.78, 5) is 14.9. The van der Waals surface area contributed by atoms with E-state index < -0.39 is 0 Å². The lowest BCUT2D eigenvalue weighted by atomic mass is 9.92. The Morgan fingerprint density at radius 2 is 1.95 bits per heavy atom. The minimum absolute atomic E-state index is 0.0528. The van der Waals surface area contributed by atoms with Gasteiger partial charge in [-0.05, 0) is 50.7 Å². The molecule has 0 bridgehead atoms. The fraction of sp³-hybridized carbons (Fsp3) is 0.938. The topological polar surface area (TPSA) is 32.3 Å². The standard InChI is InChI=1S/C16H30N2OS/c1-5-14-16(19)18(15(17-14)10-11(2)3)12-6-8-13(20-4)9-7-12/h11-15,17H,5-10H2,1-4H3. The molecule has 2 unspecified atom stereocenters. The van der Waals surface area contributed by atoms with Gasteiger partial charge in [-0.25, -0.2) is 0 Å². The van der Waals surface area contributed by atoms with Crippen molar-refractivity contribution < 1.29 is 4.79 Å². The summed E-state index contributed by atoms with van der Waals surface area (Å²) in [7, 11) is 0. The fourth-order valence-electron chi connectivity index (χ4n) is 3.63. The van der Waals surface area contributed by atoms with Crippen molar-refractivity contribution in [2.75, 3.05) is 6.26 Å². The minimum atomic E-state index is 0.0528. The van der Waals surface area contributed by atoms with Gasteiger partial charge in [-0.1, -0.05) is 20.8 Å². The van der Waals surface area contributed by atoms with E-state index in [9.17, 15) is 4.79 Å². The zero-order valence-corrected chi connectivity index (χ0v) is 14.2. The lowest BCUT2D eigenvalue weighted by molar-refractivity contribution is -0.133. The largest absolute Gasteiger partial charge is 0.323 e. The summed E-state index contributed by atoms with van der Waals surface area (Å²) in [5.41, 5.74) is 0. The summed E-state index contributed by atoms with van der Waals surface area (Å²) in [5.74, 6) is 0.978. The zero-order chi connectivity index (χ0) is 14.7. The second-order valence-electron chi connectivity index (χ2n) is 6.68. The first-order valence-corrected chi connectivity index (χ1v) is 9.46. The Balaban J connectivity index is 2.03. The Bertz CT molecular complexity index is 326. The first-order chi connectivity index (χ1) is 9.56. The van der Waals surface area contributed by atoms with Gasteiger partial charge in [0.15, 0.2) is 0 Å². The summed E-state index contributed by atoms with van der Waals surface area (Å²) in [5, 5.41) is 4.37. The second kappa shape index (κ2) is 7.17. The normalized spacial score (nSPS) is 35.0. The van der Waals surface area contributed by atoms with Crippen LogP contribution in [0.3, 0.4) is 0 Å². The molecule has 0 aromatic rings. The molecule has 2 rings (SSSR count). The molecule has 0 spiro atoms. The average molecular weight is 298 g/mol. The van der Waals surface area contributed by atoms with E-state index in [1.165, 1.54) is 25.7 Å². The van der Waals surface area contributed by atoms with Gasteiger partial charge < -0.3 is 4.90 Å². The highest BCUT2D eigenvalue weighted by atomic mass is 32.2. The van der Waals surface area contributed by atoms with E-state index >= 15 is 0 Å². The van der Waals surface area contributed by atoms with Gasteiger partial charge in [0.1, 0.15) is 0 Å². The third-order valence-electron chi connectivity index (χ3n) is 4.76. The van der Waals surface area contributed by atoms with E-state index in [-0.39, 0.29) is 12.2 Å². The van der Waals surface area contributed by atoms with Crippen LogP contribution in [0.5, 0.6) is 0 Å². The smallest absolute Gasteiger partial charge is 0.241 e. The maximum Gasteiger partial charge on any atom is 0.241 e. The van der Waals surface area contributed by atoms with Crippen LogP contribution in [-0.2, 0) is 4.79 Å². The van der Waals surface area contributed by atoms with Gasteiger partial charge in [0.25, 0.3) is 0 Å². The van der Waals surface area contributed by atoms with Crippen molar-refractivity contribution in [3.63, 3.8) is 0 Å². The van der Waals surface area contributed by atoms with Crippen LogP contribution in [0, 0.1) is 5.92 Å². The Morgan fingerprint density at radius 1 is 1.30 bits per heavy atom. The van der Waals surface area contributed by atoms with Crippen molar-refractivity contribution in [2.45, 2.75) is 82.8 Å². The molecule has 2 fully saturated rings. The molecule has 1 aliphatic heterocycles. The predicted octanol–water partition coefficient (Wildman–Crippen LogP) is 3.24. The monoisotopic (exact) mass is 298 g/mol. The number of nitrogens with one attached hydrogen (secondary N) is 1. The number of hydrogen-bond acceptors (Lipinski definition) is 3. The van der Waals surface area contributed by atoms with Crippen LogP contribution in [-0.4, -0.2) is 40.6 Å². The molecule has 116 valence electrons. The molecule has 1 amide bonds. The highest BCUT2D eigenvalue weighted by Gasteiger charge is 2.42. The Labute approximate surface area is 128 Å². The molecule has 4 heteroatoms. The highest BCUT2D eigenvalue weighted by molar-refractivity contribution is 7.99. The Morgan fingerprint density at radius 3 is 2.45 bits per heavy atom. The molecule has 0 aromatic carbocycles. The van der Waals surface area contributed by atoms with E-state index in [0.717, 1.165) is 18.1 Å². The van der Waals surface area contributed by atoms with Crippen molar-refractivity contribution in [1.29, 1.82) is 0 Å². The molecule has 20 heavy (non-hydrogen) atoms.